The van der Waals surface area contributed by atoms with Crippen LogP contribution in [0, 0.1) is 11.6 Å². The molecule has 0 bridgehead atoms. The van der Waals surface area contributed by atoms with Gasteiger partial charge in [0.25, 0.3) is 5.91 Å². The Morgan fingerprint density at radius 2 is 1.84 bits per heavy atom. The maximum Gasteiger partial charge on any atom is 0.257 e. The molecule has 8 nitrogen and oxygen atoms in total. The van der Waals surface area contributed by atoms with Crippen molar-refractivity contribution in [1.29, 1.82) is 0 Å². The summed E-state index contributed by atoms with van der Waals surface area (Å²) in [7, 11) is 0. The standard InChI is InChI=1S/C21H20F2N6O2/c22-14-9-13(10-15(23)11-14)16-1-2-17-29(16)20(30)21(31-17)3-6-27(7-4-21)18-19-24-5-8-28(19)26-12-25-18/h5,8-12,16-17H,1-4,6-7H2/t16-,17+/m0/s1. The van der Waals surface area contributed by atoms with E-state index in [2.05, 4.69) is 20.0 Å². The van der Waals surface area contributed by atoms with E-state index in [-0.39, 0.29) is 18.2 Å². The molecule has 5 heterocycles. The Bertz CT molecular complexity index is 1160. The van der Waals surface area contributed by atoms with Crippen molar-refractivity contribution < 1.29 is 18.3 Å². The van der Waals surface area contributed by atoms with Crippen LogP contribution in [0.3, 0.4) is 0 Å². The van der Waals surface area contributed by atoms with Crippen molar-refractivity contribution in [2.75, 3.05) is 18.0 Å². The zero-order valence-corrected chi connectivity index (χ0v) is 16.6. The fourth-order valence-electron chi connectivity index (χ4n) is 5.19. The number of aromatic nitrogens is 4. The maximum atomic E-state index is 13.8. The number of ether oxygens (including phenoxy) is 1. The van der Waals surface area contributed by atoms with E-state index in [1.807, 2.05) is 0 Å². The largest absolute Gasteiger partial charge is 0.353 e. The third-order valence-electron chi connectivity index (χ3n) is 6.64. The summed E-state index contributed by atoms with van der Waals surface area (Å²) in [4.78, 5) is 26.0. The van der Waals surface area contributed by atoms with Crippen LogP contribution in [-0.2, 0) is 9.53 Å². The van der Waals surface area contributed by atoms with E-state index < -0.39 is 17.2 Å². The second-order valence-corrected chi connectivity index (χ2v) is 8.34. The summed E-state index contributed by atoms with van der Waals surface area (Å²) < 4.78 is 35.5. The molecule has 0 unspecified atom stereocenters. The number of benzene rings is 1. The Hall–Kier alpha value is -3.14. The lowest BCUT2D eigenvalue weighted by Gasteiger charge is -2.38. The molecule has 0 N–H and O–H groups in total. The van der Waals surface area contributed by atoms with Crippen LogP contribution in [0.25, 0.3) is 5.65 Å². The molecule has 6 rings (SSSR count). The van der Waals surface area contributed by atoms with Crippen LogP contribution in [0.5, 0.6) is 0 Å². The van der Waals surface area contributed by atoms with Gasteiger partial charge in [0, 0.05) is 44.4 Å². The predicted molar refractivity (Wildman–Crippen MR) is 105 cm³/mol. The minimum absolute atomic E-state index is 0.0852. The Morgan fingerprint density at radius 1 is 1.06 bits per heavy atom. The number of carbonyl (C=O) groups is 1. The number of rotatable bonds is 2. The first-order valence-electron chi connectivity index (χ1n) is 10.4. The molecule has 3 aliphatic rings. The Labute approximate surface area is 176 Å². The van der Waals surface area contributed by atoms with Gasteiger partial charge in [-0.3, -0.25) is 4.79 Å². The quantitative estimate of drug-likeness (QED) is 0.627. The lowest BCUT2D eigenvalue weighted by molar-refractivity contribution is -0.140. The van der Waals surface area contributed by atoms with Gasteiger partial charge in [-0.1, -0.05) is 0 Å². The summed E-state index contributed by atoms with van der Waals surface area (Å²) in [5, 5.41) is 4.15. The van der Waals surface area contributed by atoms with E-state index in [0.717, 1.165) is 11.9 Å². The Balaban J connectivity index is 1.24. The first-order chi connectivity index (χ1) is 15.0. The molecule has 10 heteroatoms. The molecule has 2 atom stereocenters. The van der Waals surface area contributed by atoms with Gasteiger partial charge >= 0.3 is 0 Å². The van der Waals surface area contributed by atoms with Crippen molar-refractivity contribution in [3.63, 3.8) is 0 Å². The van der Waals surface area contributed by atoms with Crippen LogP contribution >= 0.6 is 0 Å². The van der Waals surface area contributed by atoms with Gasteiger partial charge in [0.15, 0.2) is 17.1 Å². The van der Waals surface area contributed by atoms with Crippen LogP contribution in [-0.4, -0.2) is 55.3 Å². The summed E-state index contributed by atoms with van der Waals surface area (Å²) in [6, 6.07) is 3.09. The highest BCUT2D eigenvalue weighted by Crippen LogP contribution is 2.48. The minimum atomic E-state index is -0.898. The average molecular weight is 426 g/mol. The third kappa shape index (κ3) is 2.81. The molecule has 2 aromatic heterocycles. The van der Waals surface area contributed by atoms with Crippen molar-refractivity contribution in [3.05, 3.63) is 54.1 Å². The predicted octanol–water partition coefficient (Wildman–Crippen LogP) is 2.46. The first kappa shape index (κ1) is 18.6. The van der Waals surface area contributed by atoms with E-state index in [1.165, 1.54) is 18.5 Å². The van der Waals surface area contributed by atoms with Crippen molar-refractivity contribution >= 4 is 17.4 Å². The molecule has 160 valence electrons. The summed E-state index contributed by atoms with van der Waals surface area (Å²) in [6.07, 6.45) is 6.88. The molecule has 3 fully saturated rings. The van der Waals surface area contributed by atoms with Crippen LogP contribution in [0.1, 0.15) is 37.3 Å². The summed E-state index contributed by atoms with van der Waals surface area (Å²) >= 11 is 0. The molecule has 3 saturated heterocycles. The fraction of sp³-hybridized carbons (Fsp3) is 0.429. The molecule has 1 spiro atoms. The highest BCUT2D eigenvalue weighted by Gasteiger charge is 2.58. The molecule has 1 amide bonds. The van der Waals surface area contributed by atoms with Gasteiger partial charge in [-0.05, 0) is 30.5 Å². The van der Waals surface area contributed by atoms with Gasteiger partial charge in [0.1, 0.15) is 24.2 Å². The zero-order chi connectivity index (χ0) is 21.2. The molecule has 1 aromatic carbocycles. The van der Waals surface area contributed by atoms with Crippen LogP contribution in [0.2, 0.25) is 0 Å². The monoisotopic (exact) mass is 426 g/mol. The van der Waals surface area contributed by atoms with Gasteiger partial charge in [-0.2, -0.15) is 5.10 Å². The summed E-state index contributed by atoms with van der Waals surface area (Å²) in [5.41, 5.74) is 0.254. The van der Waals surface area contributed by atoms with Crippen molar-refractivity contribution in [1.82, 2.24) is 24.5 Å². The highest BCUT2D eigenvalue weighted by molar-refractivity contribution is 5.88. The van der Waals surface area contributed by atoms with E-state index in [9.17, 15) is 13.6 Å². The SMILES string of the molecule is O=C1N2[C@@H](CC[C@H]2c2cc(F)cc(F)c2)OC12CCN(c1ncnn3ccnc13)CC2. The number of hydrogen-bond donors (Lipinski definition) is 0. The molecular formula is C21H20F2N6O2. The highest BCUT2D eigenvalue weighted by atomic mass is 19.1. The van der Waals surface area contributed by atoms with Gasteiger partial charge in [-0.15, -0.1) is 0 Å². The Morgan fingerprint density at radius 3 is 2.61 bits per heavy atom. The number of amides is 1. The average Bonchev–Trinajstić information content (AvgIpc) is 3.45. The fourth-order valence-corrected chi connectivity index (χ4v) is 5.19. The number of carbonyl (C=O) groups excluding carboxylic acids is 1. The first-order valence-corrected chi connectivity index (χ1v) is 10.4. The summed E-state index contributed by atoms with van der Waals surface area (Å²) in [6.45, 7) is 1.18. The number of imidazole rings is 1. The normalized spacial score (nSPS) is 25.0. The lowest BCUT2D eigenvalue weighted by Crippen LogP contribution is -2.50. The maximum absolute atomic E-state index is 13.8. The lowest BCUT2D eigenvalue weighted by atomic mass is 9.89. The second kappa shape index (κ2) is 6.68. The molecule has 31 heavy (non-hydrogen) atoms. The summed E-state index contributed by atoms with van der Waals surface area (Å²) in [5.74, 6) is -0.625. The Kier molecular flexibility index (Phi) is 4.01. The number of nitrogens with zero attached hydrogens (tertiary/aromatic N) is 6. The van der Waals surface area contributed by atoms with Gasteiger partial charge < -0.3 is 14.5 Å². The molecule has 3 aliphatic heterocycles. The van der Waals surface area contributed by atoms with E-state index in [0.29, 0.717) is 50.0 Å². The smallest absolute Gasteiger partial charge is 0.257 e. The van der Waals surface area contributed by atoms with Crippen molar-refractivity contribution in [2.24, 2.45) is 0 Å². The van der Waals surface area contributed by atoms with Gasteiger partial charge in [-0.25, -0.2) is 23.3 Å². The number of hydrogen-bond acceptors (Lipinski definition) is 6. The topological polar surface area (TPSA) is 75.9 Å². The van der Waals surface area contributed by atoms with Crippen molar-refractivity contribution in [3.8, 4) is 0 Å². The zero-order valence-electron chi connectivity index (χ0n) is 16.6. The number of fused-ring (bicyclic) bond motifs is 2. The van der Waals surface area contributed by atoms with Crippen molar-refractivity contribution in [2.45, 2.75) is 43.6 Å². The molecule has 3 aromatic rings. The third-order valence-corrected chi connectivity index (χ3v) is 6.64. The van der Waals surface area contributed by atoms with E-state index >= 15 is 0 Å². The van der Waals surface area contributed by atoms with E-state index in [4.69, 9.17) is 4.74 Å². The minimum Gasteiger partial charge on any atom is -0.353 e. The number of halogens is 2. The second-order valence-electron chi connectivity index (χ2n) is 8.34. The van der Waals surface area contributed by atoms with Gasteiger partial charge in [0.2, 0.25) is 0 Å². The molecule has 0 radical (unpaired) electrons. The van der Waals surface area contributed by atoms with Gasteiger partial charge in [0.05, 0.1) is 6.04 Å². The van der Waals surface area contributed by atoms with E-state index in [1.54, 1.807) is 21.8 Å². The molecular weight excluding hydrogens is 406 g/mol. The number of anilines is 1. The van der Waals surface area contributed by atoms with Crippen LogP contribution < -0.4 is 4.90 Å². The van der Waals surface area contributed by atoms with Crippen LogP contribution in [0.4, 0.5) is 14.6 Å². The number of piperidine rings is 1. The molecule has 0 saturated carbocycles. The molecule has 0 aliphatic carbocycles. The van der Waals surface area contributed by atoms with Crippen LogP contribution in [0.15, 0.2) is 36.9 Å².